The first kappa shape index (κ1) is 17.9. The van der Waals surface area contributed by atoms with Crippen molar-refractivity contribution < 1.29 is 14.7 Å². The molecular weight excluding hydrogens is 386 g/mol. The number of Topliss-reactive ketones (excluding diaryl/α,β-unsaturated/α-hetero) is 1. The van der Waals surface area contributed by atoms with Crippen LogP contribution in [0.3, 0.4) is 0 Å². The largest absolute Gasteiger partial charge is 0.545 e. The molecular formula is C22H14N3O5-. The molecule has 0 bridgehead atoms. The summed E-state index contributed by atoms with van der Waals surface area (Å²) in [5.74, 6) is -2.03. The standard InChI is InChI=1S/C22H15N3O5/c1-25-19-16(20(27)24-22(25)30)14(10-6-8-11(9-7-10)21(28)29)15-17(23-19)12-4-2-3-5-13(12)18(15)26/h2-9,14,23H,1H3,(H,28,29)(H,24,27,30)/p-1. The molecule has 0 saturated heterocycles. The molecule has 1 aliphatic carbocycles. The Balaban J connectivity index is 1.82. The van der Waals surface area contributed by atoms with Crippen LogP contribution in [0.4, 0.5) is 5.82 Å². The zero-order chi connectivity index (χ0) is 21.2. The summed E-state index contributed by atoms with van der Waals surface area (Å²) in [5, 5.41) is 14.3. The highest BCUT2D eigenvalue weighted by molar-refractivity contribution is 6.23. The smallest absolute Gasteiger partial charge is 0.329 e. The maximum absolute atomic E-state index is 13.3. The monoisotopic (exact) mass is 400 g/mol. The summed E-state index contributed by atoms with van der Waals surface area (Å²) in [5.41, 5.74) is 1.68. The van der Waals surface area contributed by atoms with Crippen molar-refractivity contribution in [2.24, 2.45) is 7.05 Å². The van der Waals surface area contributed by atoms with Gasteiger partial charge in [0.15, 0.2) is 5.78 Å². The lowest BCUT2D eigenvalue weighted by atomic mass is 9.81. The molecule has 2 heterocycles. The van der Waals surface area contributed by atoms with Crippen molar-refractivity contribution in [2.75, 3.05) is 5.32 Å². The van der Waals surface area contributed by atoms with Gasteiger partial charge in [0.1, 0.15) is 5.82 Å². The molecule has 1 atom stereocenters. The van der Waals surface area contributed by atoms with Crippen LogP contribution in [0.2, 0.25) is 0 Å². The lowest BCUT2D eigenvalue weighted by molar-refractivity contribution is -0.255. The Bertz CT molecular complexity index is 1410. The van der Waals surface area contributed by atoms with Gasteiger partial charge in [0.25, 0.3) is 5.56 Å². The van der Waals surface area contributed by atoms with Crippen LogP contribution in [-0.2, 0) is 7.05 Å². The van der Waals surface area contributed by atoms with Gasteiger partial charge in [-0.2, -0.15) is 0 Å². The van der Waals surface area contributed by atoms with Gasteiger partial charge >= 0.3 is 5.69 Å². The highest BCUT2D eigenvalue weighted by atomic mass is 16.4. The van der Waals surface area contributed by atoms with Crippen molar-refractivity contribution in [3.63, 3.8) is 0 Å². The number of rotatable bonds is 2. The fourth-order valence-corrected chi connectivity index (χ4v) is 4.18. The second-order valence-corrected chi connectivity index (χ2v) is 7.21. The number of carboxylic acid groups (broad SMARTS) is 1. The topological polar surface area (TPSA) is 124 Å². The van der Waals surface area contributed by atoms with E-state index in [0.29, 0.717) is 33.8 Å². The highest BCUT2D eigenvalue weighted by Crippen LogP contribution is 2.47. The molecule has 8 heteroatoms. The summed E-state index contributed by atoms with van der Waals surface area (Å²) >= 11 is 0. The van der Waals surface area contributed by atoms with Crippen LogP contribution < -0.4 is 21.7 Å². The van der Waals surface area contributed by atoms with Crippen LogP contribution in [0.1, 0.15) is 43.3 Å². The summed E-state index contributed by atoms with van der Waals surface area (Å²) in [4.78, 5) is 51.7. The summed E-state index contributed by atoms with van der Waals surface area (Å²) in [6, 6.07) is 12.9. The summed E-state index contributed by atoms with van der Waals surface area (Å²) in [6.45, 7) is 0. The molecule has 0 radical (unpaired) electrons. The van der Waals surface area contributed by atoms with Gasteiger partial charge in [-0.05, 0) is 11.1 Å². The number of ketones is 1. The first-order chi connectivity index (χ1) is 14.4. The summed E-state index contributed by atoms with van der Waals surface area (Å²) < 4.78 is 1.29. The Morgan fingerprint density at radius 1 is 1.00 bits per heavy atom. The quantitative estimate of drug-likeness (QED) is 0.649. The third-order valence-electron chi connectivity index (χ3n) is 5.62. The van der Waals surface area contributed by atoms with E-state index in [-0.39, 0.29) is 16.9 Å². The van der Waals surface area contributed by atoms with Crippen molar-refractivity contribution in [2.45, 2.75) is 5.92 Å². The zero-order valence-electron chi connectivity index (χ0n) is 15.7. The van der Waals surface area contributed by atoms with Crippen molar-refractivity contribution in [3.8, 4) is 0 Å². The van der Waals surface area contributed by atoms with Crippen molar-refractivity contribution >= 4 is 23.3 Å². The van der Waals surface area contributed by atoms with Crippen LogP contribution >= 0.6 is 0 Å². The molecule has 1 aliphatic heterocycles. The average Bonchev–Trinajstić information content (AvgIpc) is 3.03. The second-order valence-electron chi connectivity index (χ2n) is 7.21. The number of fused-ring (bicyclic) bond motifs is 3. The van der Waals surface area contributed by atoms with Gasteiger partial charge in [0.2, 0.25) is 0 Å². The molecule has 2 aliphatic rings. The number of H-pyrrole nitrogens is 1. The third-order valence-corrected chi connectivity index (χ3v) is 5.62. The molecule has 1 aromatic heterocycles. The molecule has 8 nitrogen and oxygen atoms in total. The van der Waals surface area contributed by atoms with E-state index in [9.17, 15) is 24.3 Å². The highest BCUT2D eigenvalue weighted by Gasteiger charge is 2.42. The molecule has 30 heavy (non-hydrogen) atoms. The van der Waals surface area contributed by atoms with Gasteiger partial charge in [0, 0.05) is 29.7 Å². The first-order valence-corrected chi connectivity index (χ1v) is 9.18. The Morgan fingerprint density at radius 3 is 2.33 bits per heavy atom. The van der Waals surface area contributed by atoms with E-state index in [0.717, 1.165) is 0 Å². The molecule has 1 unspecified atom stereocenters. The van der Waals surface area contributed by atoms with Crippen LogP contribution in [0.5, 0.6) is 0 Å². The summed E-state index contributed by atoms with van der Waals surface area (Å²) in [7, 11) is 1.52. The van der Waals surface area contributed by atoms with Gasteiger partial charge in [0.05, 0.1) is 17.2 Å². The molecule has 2 aromatic carbocycles. The number of hydrogen-bond acceptors (Lipinski definition) is 6. The number of hydrogen-bond donors (Lipinski definition) is 2. The molecule has 0 saturated carbocycles. The van der Waals surface area contributed by atoms with E-state index in [2.05, 4.69) is 10.3 Å². The number of carbonyl (C=O) groups excluding carboxylic acids is 2. The number of nitrogens with zero attached hydrogens (tertiary/aromatic N) is 1. The normalized spacial score (nSPS) is 16.6. The van der Waals surface area contributed by atoms with E-state index < -0.39 is 23.1 Å². The van der Waals surface area contributed by atoms with E-state index >= 15 is 0 Å². The molecule has 2 N–H and O–H groups in total. The van der Waals surface area contributed by atoms with E-state index in [4.69, 9.17) is 0 Å². The minimum absolute atomic E-state index is 0.0162. The van der Waals surface area contributed by atoms with E-state index in [1.807, 2.05) is 0 Å². The average molecular weight is 400 g/mol. The lowest BCUT2D eigenvalue weighted by Gasteiger charge is -2.29. The zero-order valence-corrected chi connectivity index (χ0v) is 15.7. The Kier molecular flexibility index (Phi) is 3.66. The molecule has 3 aromatic rings. The van der Waals surface area contributed by atoms with Crippen LogP contribution in [0.25, 0.3) is 5.70 Å². The predicted octanol–water partition coefficient (Wildman–Crippen LogP) is 0.602. The second kappa shape index (κ2) is 6.15. The molecule has 0 fully saturated rings. The van der Waals surface area contributed by atoms with E-state index in [1.165, 1.54) is 23.7 Å². The van der Waals surface area contributed by atoms with Gasteiger partial charge in [-0.1, -0.05) is 48.5 Å². The number of carboxylic acids is 1. The Labute approximate surface area is 169 Å². The Morgan fingerprint density at radius 2 is 1.67 bits per heavy atom. The number of carbonyl (C=O) groups is 2. The van der Waals surface area contributed by atoms with Crippen LogP contribution in [-0.4, -0.2) is 21.3 Å². The van der Waals surface area contributed by atoms with Gasteiger partial charge < -0.3 is 15.2 Å². The SMILES string of the molecule is Cn1c2c(c(=O)[nH]c1=O)C(c1ccc(C(=O)[O-])cc1)C1=C(N2)c2ccccc2C1=O. The predicted molar refractivity (Wildman–Crippen MR) is 106 cm³/mol. The maximum atomic E-state index is 13.3. The van der Waals surface area contributed by atoms with Gasteiger partial charge in [-0.3, -0.25) is 19.1 Å². The third kappa shape index (κ3) is 2.33. The molecule has 0 spiro atoms. The number of aromatic carboxylic acids is 1. The number of benzene rings is 2. The fourth-order valence-electron chi connectivity index (χ4n) is 4.18. The number of nitrogens with one attached hydrogen (secondary N) is 2. The van der Waals surface area contributed by atoms with Crippen molar-refractivity contribution in [1.29, 1.82) is 0 Å². The van der Waals surface area contributed by atoms with Crippen molar-refractivity contribution in [3.05, 3.63) is 103 Å². The van der Waals surface area contributed by atoms with E-state index in [1.54, 1.807) is 36.4 Å². The Hall–Kier alpha value is -4.20. The molecule has 5 rings (SSSR count). The first-order valence-electron chi connectivity index (χ1n) is 9.18. The lowest BCUT2D eigenvalue weighted by Crippen LogP contribution is -2.37. The minimum atomic E-state index is -1.32. The maximum Gasteiger partial charge on any atom is 0.329 e. The molecule has 0 amide bonds. The number of aromatic nitrogens is 2. The number of anilines is 1. The number of aromatic amines is 1. The minimum Gasteiger partial charge on any atom is -0.545 e. The number of allylic oxidation sites excluding steroid dienone is 1. The van der Waals surface area contributed by atoms with Gasteiger partial charge in [-0.15, -0.1) is 0 Å². The van der Waals surface area contributed by atoms with Gasteiger partial charge in [-0.25, -0.2) is 4.79 Å². The molecule has 148 valence electrons. The van der Waals surface area contributed by atoms with Crippen molar-refractivity contribution in [1.82, 2.24) is 9.55 Å². The summed E-state index contributed by atoms with van der Waals surface area (Å²) in [6.07, 6.45) is 0. The van der Waals surface area contributed by atoms with Crippen LogP contribution in [0.15, 0.2) is 63.7 Å². The van der Waals surface area contributed by atoms with Crippen LogP contribution in [0, 0.1) is 0 Å². The fraction of sp³-hybridized carbons (Fsp3) is 0.0909.